The molecule has 8 heteroatoms. The zero-order valence-corrected chi connectivity index (χ0v) is 15.2. The monoisotopic (exact) mass is 384 g/mol. The van der Waals surface area contributed by atoms with Crippen LogP contribution in [0.2, 0.25) is 5.02 Å². The van der Waals surface area contributed by atoms with Crippen LogP contribution in [0.5, 0.6) is 0 Å². The van der Waals surface area contributed by atoms with Crippen LogP contribution >= 0.6 is 11.6 Å². The topological polar surface area (TPSA) is 92.1 Å². The molecular formula is C19H17ClN4O3. The number of H-pyrrole nitrogens is 1. The number of aromatic nitrogens is 3. The number of amides is 1. The van der Waals surface area contributed by atoms with Crippen molar-refractivity contribution < 1.29 is 9.21 Å². The first-order valence-corrected chi connectivity index (χ1v) is 9.02. The van der Waals surface area contributed by atoms with Gasteiger partial charge in [-0.05, 0) is 24.1 Å². The van der Waals surface area contributed by atoms with E-state index in [1.165, 1.54) is 12.3 Å². The minimum absolute atomic E-state index is 0.00216. The summed E-state index contributed by atoms with van der Waals surface area (Å²) in [4.78, 5) is 36.8. The summed E-state index contributed by atoms with van der Waals surface area (Å²) in [5.41, 5.74) is 1.85. The Bertz CT molecular complexity index is 1030. The predicted molar refractivity (Wildman–Crippen MR) is 98.7 cm³/mol. The van der Waals surface area contributed by atoms with Crippen LogP contribution in [0.3, 0.4) is 0 Å². The molecule has 0 aliphatic carbocycles. The molecule has 0 saturated carbocycles. The van der Waals surface area contributed by atoms with Crippen molar-refractivity contribution in [2.24, 2.45) is 0 Å². The van der Waals surface area contributed by atoms with Gasteiger partial charge in [-0.25, -0.2) is 4.98 Å². The Kier molecular flexibility index (Phi) is 4.77. The lowest BCUT2D eigenvalue weighted by Gasteiger charge is -2.25. The standard InChI is InChI=1S/C19H17ClN4O3/c20-14-8-13(10-22-18(14)25)19(26)24-7-5-16-15(11-24)23-17(27-16)4-3-12-2-1-6-21-9-12/h1-2,6,8-10H,3-5,7,11H2,(H,22,25). The van der Waals surface area contributed by atoms with E-state index in [1.807, 2.05) is 18.3 Å². The molecule has 1 aliphatic rings. The number of pyridine rings is 2. The first-order valence-electron chi connectivity index (χ1n) is 8.64. The zero-order valence-electron chi connectivity index (χ0n) is 14.4. The van der Waals surface area contributed by atoms with Gasteiger partial charge in [-0.3, -0.25) is 14.6 Å². The van der Waals surface area contributed by atoms with Crippen molar-refractivity contribution in [2.75, 3.05) is 6.54 Å². The van der Waals surface area contributed by atoms with Gasteiger partial charge in [0.1, 0.15) is 16.5 Å². The number of hydrogen-bond acceptors (Lipinski definition) is 5. The Morgan fingerprint density at radius 3 is 3.04 bits per heavy atom. The minimum Gasteiger partial charge on any atom is -0.445 e. The van der Waals surface area contributed by atoms with Crippen LogP contribution in [-0.4, -0.2) is 32.3 Å². The number of aromatic amines is 1. The summed E-state index contributed by atoms with van der Waals surface area (Å²) in [5, 5.41) is -0.00216. The molecule has 3 aromatic heterocycles. The summed E-state index contributed by atoms with van der Waals surface area (Å²) in [5.74, 6) is 1.31. The quantitative estimate of drug-likeness (QED) is 0.745. The molecule has 1 aliphatic heterocycles. The number of fused-ring (bicyclic) bond motifs is 1. The summed E-state index contributed by atoms with van der Waals surface area (Å²) in [6.07, 6.45) is 7.05. The van der Waals surface area contributed by atoms with E-state index < -0.39 is 5.56 Å². The fourth-order valence-corrected chi connectivity index (χ4v) is 3.26. The van der Waals surface area contributed by atoms with E-state index in [9.17, 15) is 9.59 Å². The van der Waals surface area contributed by atoms with Crippen LogP contribution in [0.4, 0.5) is 0 Å². The molecule has 0 saturated heterocycles. The van der Waals surface area contributed by atoms with Crippen molar-refractivity contribution in [3.63, 3.8) is 0 Å². The Labute approximate surface area is 160 Å². The van der Waals surface area contributed by atoms with Gasteiger partial charge in [-0.1, -0.05) is 17.7 Å². The Balaban J connectivity index is 1.45. The highest BCUT2D eigenvalue weighted by Gasteiger charge is 2.26. The normalized spacial score (nSPS) is 13.4. The van der Waals surface area contributed by atoms with E-state index in [-0.39, 0.29) is 10.9 Å². The molecular weight excluding hydrogens is 368 g/mol. The summed E-state index contributed by atoms with van der Waals surface area (Å²) >= 11 is 5.82. The SMILES string of the molecule is O=C(c1c[nH]c(=O)c(Cl)c1)N1CCc2oc(CCc3cccnc3)nc2C1. The molecule has 0 fully saturated rings. The zero-order chi connectivity index (χ0) is 18.8. The second-order valence-corrected chi connectivity index (χ2v) is 6.79. The van der Waals surface area contributed by atoms with Gasteiger partial charge >= 0.3 is 0 Å². The van der Waals surface area contributed by atoms with Crippen molar-refractivity contribution in [2.45, 2.75) is 25.8 Å². The van der Waals surface area contributed by atoms with Crippen LogP contribution in [0, 0.1) is 0 Å². The molecule has 7 nitrogen and oxygen atoms in total. The van der Waals surface area contributed by atoms with Gasteiger partial charge in [0.05, 0.1) is 12.1 Å². The highest BCUT2D eigenvalue weighted by Crippen LogP contribution is 2.22. The molecule has 138 valence electrons. The van der Waals surface area contributed by atoms with E-state index in [4.69, 9.17) is 16.0 Å². The number of rotatable bonds is 4. The van der Waals surface area contributed by atoms with Gasteiger partial charge in [0.2, 0.25) is 0 Å². The number of halogens is 1. The summed E-state index contributed by atoms with van der Waals surface area (Å²) in [7, 11) is 0. The van der Waals surface area contributed by atoms with Crippen molar-refractivity contribution in [3.8, 4) is 0 Å². The number of nitrogens with zero attached hydrogens (tertiary/aromatic N) is 3. The Hall–Kier alpha value is -2.93. The first-order chi connectivity index (χ1) is 13.1. The third kappa shape index (κ3) is 3.78. The number of hydrogen-bond donors (Lipinski definition) is 1. The highest BCUT2D eigenvalue weighted by molar-refractivity contribution is 6.30. The third-order valence-electron chi connectivity index (χ3n) is 4.51. The van der Waals surface area contributed by atoms with Crippen molar-refractivity contribution in [1.82, 2.24) is 19.9 Å². The largest absolute Gasteiger partial charge is 0.445 e. The van der Waals surface area contributed by atoms with Crippen LogP contribution in [-0.2, 0) is 25.8 Å². The summed E-state index contributed by atoms with van der Waals surface area (Å²) < 4.78 is 5.86. The van der Waals surface area contributed by atoms with Gasteiger partial charge < -0.3 is 14.3 Å². The smallest absolute Gasteiger partial charge is 0.266 e. The van der Waals surface area contributed by atoms with Crippen molar-refractivity contribution in [3.05, 3.63) is 80.6 Å². The molecule has 4 rings (SSSR count). The van der Waals surface area contributed by atoms with E-state index in [1.54, 1.807) is 11.1 Å². The second-order valence-electron chi connectivity index (χ2n) is 6.38. The number of aryl methyl sites for hydroxylation is 2. The minimum atomic E-state index is -0.413. The van der Waals surface area contributed by atoms with Crippen LogP contribution in [0.15, 0.2) is 46.0 Å². The fraction of sp³-hybridized carbons (Fsp3) is 0.263. The van der Waals surface area contributed by atoms with Crippen molar-refractivity contribution in [1.29, 1.82) is 0 Å². The Morgan fingerprint density at radius 1 is 1.37 bits per heavy atom. The van der Waals surface area contributed by atoms with Crippen molar-refractivity contribution >= 4 is 17.5 Å². The molecule has 0 spiro atoms. The van der Waals surface area contributed by atoms with Gasteiger partial charge in [0, 0.05) is 38.0 Å². The molecule has 3 aromatic rings. The van der Waals surface area contributed by atoms with Crippen LogP contribution < -0.4 is 5.56 Å². The maximum atomic E-state index is 12.7. The van der Waals surface area contributed by atoms with Gasteiger partial charge in [-0.2, -0.15) is 0 Å². The van der Waals surface area contributed by atoms with Crippen LogP contribution in [0.25, 0.3) is 0 Å². The fourth-order valence-electron chi connectivity index (χ4n) is 3.09. The Morgan fingerprint density at radius 2 is 2.26 bits per heavy atom. The average molecular weight is 385 g/mol. The average Bonchev–Trinajstić information content (AvgIpc) is 3.11. The second kappa shape index (κ2) is 7.36. The predicted octanol–water partition coefficient (Wildman–Crippen LogP) is 2.40. The number of oxazole rings is 1. The highest BCUT2D eigenvalue weighted by atomic mass is 35.5. The first kappa shape index (κ1) is 17.5. The maximum Gasteiger partial charge on any atom is 0.266 e. The molecule has 0 unspecified atom stereocenters. The molecule has 27 heavy (non-hydrogen) atoms. The number of nitrogens with one attached hydrogen (secondary N) is 1. The maximum absolute atomic E-state index is 12.7. The molecule has 4 heterocycles. The van der Waals surface area contributed by atoms with Gasteiger partial charge in [-0.15, -0.1) is 0 Å². The summed E-state index contributed by atoms with van der Waals surface area (Å²) in [6, 6.07) is 5.31. The van der Waals surface area contributed by atoms with E-state index >= 15 is 0 Å². The number of carbonyl (C=O) groups is 1. The lowest BCUT2D eigenvalue weighted by molar-refractivity contribution is 0.0727. The van der Waals surface area contributed by atoms with Crippen LogP contribution in [0.1, 0.15) is 33.3 Å². The molecule has 0 aromatic carbocycles. The molecule has 0 atom stereocenters. The van der Waals surface area contributed by atoms with Gasteiger partial charge in [0.25, 0.3) is 11.5 Å². The van der Waals surface area contributed by atoms with E-state index in [0.717, 1.165) is 23.4 Å². The summed E-state index contributed by atoms with van der Waals surface area (Å²) in [6.45, 7) is 0.904. The van der Waals surface area contributed by atoms with E-state index in [2.05, 4.69) is 15.0 Å². The number of carbonyl (C=O) groups excluding carboxylic acids is 1. The van der Waals surface area contributed by atoms with Gasteiger partial charge in [0.15, 0.2) is 5.89 Å². The molecule has 1 amide bonds. The molecule has 0 radical (unpaired) electrons. The molecule has 0 bridgehead atoms. The molecule has 1 N–H and O–H groups in total. The lowest BCUT2D eigenvalue weighted by atomic mass is 10.1. The third-order valence-corrected chi connectivity index (χ3v) is 4.80. The van der Waals surface area contributed by atoms with E-state index in [0.29, 0.717) is 37.4 Å². The lowest BCUT2D eigenvalue weighted by Crippen LogP contribution is -2.36.